The monoisotopic (exact) mass is 619 g/mol. The Morgan fingerprint density at radius 1 is 0.795 bits per heavy atom. The number of carboxylic acid groups (broad SMARTS) is 1. The molecule has 1 aromatic rings. The Morgan fingerprint density at radius 2 is 1.36 bits per heavy atom. The van der Waals surface area contributed by atoms with Gasteiger partial charge in [-0.2, -0.15) is 0 Å². The van der Waals surface area contributed by atoms with Crippen molar-refractivity contribution >= 4 is 41.5 Å². The molecular formula is C27H41N9O8. The first-order valence-corrected chi connectivity index (χ1v) is 14.1. The summed E-state index contributed by atoms with van der Waals surface area (Å²) in [6, 6.07) is 0.627. The van der Waals surface area contributed by atoms with E-state index in [1.807, 2.05) is 0 Å². The molecule has 17 nitrogen and oxygen atoms in total. The van der Waals surface area contributed by atoms with Crippen molar-refractivity contribution in [2.75, 3.05) is 19.6 Å². The molecule has 1 aromatic carbocycles. The minimum atomic E-state index is -1.59. The van der Waals surface area contributed by atoms with Crippen LogP contribution in [0.4, 0.5) is 0 Å². The van der Waals surface area contributed by atoms with E-state index in [0.29, 0.717) is 24.9 Å². The van der Waals surface area contributed by atoms with Gasteiger partial charge >= 0.3 is 5.97 Å². The summed E-state index contributed by atoms with van der Waals surface area (Å²) < 4.78 is 0. The van der Waals surface area contributed by atoms with E-state index in [1.54, 1.807) is 0 Å². The van der Waals surface area contributed by atoms with Gasteiger partial charge in [-0.3, -0.25) is 33.8 Å². The third kappa shape index (κ3) is 12.5. The lowest BCUT2D eigenvalue weighted by Crippen LogP contribution is -2.58. The number of phenols is 1. The second kappa shape index (κ2) is 17.9. The minimum absolute atomic E-state index is 0.0267. The van der Waals surface area contributed by atoms with Crippen LogP contribution in [-0.2, 0) is 35.2 Å². The third-order valence-electron chi connectivity index (χ3n) is 6.62. The molecule has 13 N–H and O–H groups in total. The molecule has 0 aromatic heterocycles. The van der Waals surface area contributed by atoms with Crippen LogP contribution in [-0.4, -0.2) is 95.5 Å². The normalized spacial score (nSPS) is 21.8. The Hall–Kier alpha value is -4.93. The summed E-state index contributed by atoms with van der Waals surface area (Å²) in [5.74, 6) is -5.62. The number of carbonyl (C=O) groups excluding carboxylic acids is 5. The zero-order valence-corrected chi connectivity index (χ0v) is 24.2. The number of phenolic OH excluding ortho intramolecular Hbond substituents is 1. The maximum atomic E-state index is 13.6. The molecule has 17 heteroatoms. The van der Waals surface area contributed by atoms with E-state index >= 15 is 0 Å². The molecule has 1 aliphatic heterocycles. The van der Waals surface area contributed by atoms with Crippen molar-refractivity contribution in [3.05, 3.63) is 29.8 Å². The Kier molecular flexibility index (Phi) is 14.3. The number of nitrogens with zero attached hydrogens (tertiary/aromatic N) is 1. The number of nitrogens with two attached hydrogens (primary N) is 3. The van der Waals surface area contributed by atoms with Crippen LogP contribution in [0.2, 0.25) is 0 Å². The zero-order valence-electron chi connectivity index (χ0n) is 24.2. The van der Waals surface area contributed by atoms with E-state index < -0.39 is 72.6 Å². The summed E-state index contributed by atoms with van der Waals surface area (Å²) in [5.41, 5.74) is 16.8. The third-order valence-corrected chi connectivity index (χ3v) is 6.62. The quantitative estimate of drug-likeness (QED) is 0.0626. The first-order chi connectivity index (χ1) is 20.9. The lowest BCUT2D eigenvalue weighted by Gasteiger charge is -2.26. The van der Waals surface area contributed by atoms with Crippen molar-refractivity contribution in [1.82, 2.24) is 26.6 Å². The number of rotatable bonds is 12. The Morgan fingerprint density at radius 3 is 1.98 bits per heavy atom. The van der Waals surface area contributed by atoms with Gasteiger partial charge in [-0.1, -0.05) is 12.1 Å². The van der Waals surface area contributed by atoms with Crippen LogP contribution in [0.25, 0.3) is 0 Å². The molecule has 0 aliphatic carbocycles. The number of carbonyl (C=O) groups is 6. The number of aliphatic imine (C=N–C) groups is 1. The van der Waals surface area contributed by atoms with Crippen LogP contribution in [0, 0.1) is 0 Å². The second-order valence-corrected chi connectivity index (χ2v) is 10.2. The maximum Gasteiger partial charge on any atom is 0.305 e. The van der Waals surface area contributed by atoms with Crippen molar-refractivity contribution in [1.29, 1.82) is 0 Å². The fraction of sp³-hybridized carbons (Fsp3) is 0.519. The number of unbranched alkanes of at least 4 members (excludes halogenated alkanes) is 1. The number of guanidine groups is 1. The Labute approximate surface area is 253 Å². The van der Waals surface area contributed by atoms with E-state index in [0.717, 1.165) is 0 Å². The van der Waals surface area contributed by atoms with E-state index in [1.165, 1.54) is 24.3 Å². The Bertz CT molecular complexity index is 1200. The topological polar surface area (TPSA) is 293 Å². The van der Waals surface area contributed by atoms with Crippen LogP contribution in [0.5, 0.6) is 5.75 Å². The SMILES string of the molecule is NCCCC[C@H]1NC(=O)[C@@H](Cc2ccc(O)cc2)NC(=O)[C@H](CC(=O)O)NC(=O)CNC(=O)[C@H](CCCN=C(N)N)NC1=O. The molecular weight excluding hydrogens is 578 g/mol. The summed E-state index contributed by atoms with van der Waals surface area (Å²) in [7, 11) is 0. The molecule has 1 heterocycles. The average Bonchev–Trinajstić information content (AvgIpc) is 2.96. The molecule has 1 aliphatic rings. The van der Waals surface area contributed by atoms with E-state index in [-0.39, 0.29) is 43.9 Å². The number of benzene rings is 1. The molecule has 2 rings (SSSR count). The van der Waals surface area contributed by atoms with Crippen molar-refractivity contribution in [3.63, 3.8) is 0 Å². The molecule has 0 bridgehead atoms. The van der Waals surface area contributed by atoms with Gasteiger partial charge in [0.2, 0.25) is 29.5 Å². The molecule has 0 radical (unpaired) electrons. The highest BCUT2D eigenvalue weighted by Gasteiger charge is 2.33. The molecule has 5 amide bonds. The van der Waals surface area contributed by atoms with Gasteiger partial charge in [0.15, 0.2) is 5.96 Å². The van der Waals surface area contributed by atoms with Crippen molar-refractivity contribution in [3.8, 4) is 5.75 Å². The van der Waals surface area contributed by atoms with Gasteiger partial charge in [-0.25, -0.2) is 0 Å². The van der Waals surface area contributed by atoms with Gasteiger partial charge in [0, 0.05) is 13.0 Å². The number of aromatic hydroxyl groups is 1. The number of aliphatic carboxylic acids is 1. The number of amides is 5. The van der Waals surface area contributed by atoms with E-state index in [4.69, 9.17) is 17.2 Å². The summed E-state index contributed by atoms with van der Waals surface area (Å²) in [6.07, 6.45) is 0.582. The first-order valence-electron chi connectivity index (χ1n) is 14.1. The Balaban J connectivity index is 2.45. The number of hydrogen-bond donors (Lipinski definition) is 10. The molecule has 44 heavy (non-hydrogen) atoms. The average molecular weight is 620 g/mol. The van der Waals surface area contributed by atoms with Crippen molar-refractivity contribution in [2.45, 2.75) is 69.1 Å². The largest absolute Gasteiger partial charge is 0.508 e. The van der Waals surface area contributed by atoms with E-state index in [2.05, 4.69) is 31.6 Å². The highest BCUT2D eigenvalue weighted by atomic mass is 16.4. The van der Waals surface area contributed by atoms with Crippen LogP contribution in [0.15, 0.2) is 29.3 Å². The van der Waals surface area contributed by atoms with Gasteiger partial charge in [0.25, 0.3) is 0 Å². The fourth-order valence-corrected chi connectivity index (χ4v) is 4.35. The lowest BCUT2D eigenvalue weighted by molar-refractivity contribution is -0.141. The molecule has 1 saturated heterocycles. The maximum absolute atomic E-state index is 13.6. The molecule has 242 valence electrons. The van der Waals surface area contributed by atoms with Crippen molar-refractivity contribution < 1.29 is 39.0 Å². The smallest absolute Gasteiger partial charge is 0.305 e. The number of hydrogen-bond acceptors (Lipinski definition) is 9. The van der Waals surface area contributed by atoms with Gasteiger partial charge in [-0.15, -0.1) is 0 Å². The van der Waals surface area contributed by atoms with Crippen LogP contribution in [0.3, 0.4) is 0 Å². The van der Waals surface area contributed by atoms with Gasteiger partial charge < -0.3 is 54.0 Å². The van der Waals surface area contributed by atoms with Crippen LogP contribution < -0.4 is 43.8 Å². The molecule has 1 fully saturated rings. The summed E-state index contributed by atoms with van der Waals surface area (Å²) >= 11 is 0. The second-order valence-electron chi connectivity index (χ2n) is 10.2. The molecule has 0 saturated carbocycles. The summed E-state index contributed by atoms with van der Waals surface area (Å²) in [4.78, 5) is 81.2. The highest BCUT2D eigenvalue weighted by molar-refractivity contribution is 5.98. The lowest BCUT2D eigenvalue weighted by atomic mass is 10.0. The fourth-order valence-electron chi connectivity index (χ4n) is 4.35. The molecule has 0 unspecified atom stereocenters. The van der Waals surface area contributed by atoms with Gasteiger partial charge in [0.1, 0.15) is 29.9 Å². The minimum Gasteiger partial charge on any atom is -0.508 e. The van der Waals surface area contributed by atoms with Gasteiger partial charge in [0.05, 0.1) is 13.0 Å². The number of nitrogens with one attached hydrogen (secondary N) is 5. The van der Waals surface area contributed by atoms with Crippen molar-refractivity contribution in [2.24, 2.45) is 22.2 Å². The molecule has 0 spiro atoms. The molecule has 4 atom stereocenters. The predicted molar refractivity (Wildman–Crippen MR) is 158 cm³/mol. The summed E-state index contributed by atoms with van der Waals surface area (Å²) in [5, 5.41) is 31.4. The standard InChI is InChI=1S/C27H41N9O8/c28-10-2-1-4-18-24(42)34-17(5-3-11-31-27(29)30)23(41)32-14-21(38)33-20(13-22(39)40)26(44)36-19(25(43)35-18)12-15-6-8-16(37)9-7-15/h6-9,17-20,37H,1-5,10-14,28H2,(H,32,41)(H,33,38)(H,34,42)(H,35,43)(H,36,44)(H,39,40)(H4,29,30,31)/t17-,18+,19+,20-/m0/s1. The van der Waals surface area contributed by atoms with Crippen LogP contribution >= 0.6 is 0 Å². The zero-order chi connectivity index (χ0) is 32.6. The van der Waals surface area contributed by atoms with Gasteiger partial charge in [-0.05, 0) is 56.3 Å². The predicted octanol–water partition coefficient (Wildman–Crippen LogP) is -3.34. The summed E-state index contributed by atoms with van der Waals surface area (Å²) in [6.45, 7) is -0.136. The number of carboxylic acids is 1. The van der Waals surface area contributed by atoms with E-state index in [9.17, 15) is 39.0 Å². The first kappa shape index (κ1) is 35.3. The highest BCUT2D eigenvalue weighted by Crippen LogP contribution is 2.13. The van der Waals surface area contributed by atoms with Crippen LogP contribution in [0.1, 0.15) is 44.1 Å².